The second-order valence-corrected chi connectivity index (χ2v) is 7.31. The Morgan fingerprint density at radius 2 is 1.77 bits per heavy atom. The molecule has 31 heavy (non-hydrogen) atoms. The largest absolute Gasteiger partial charge is 0.490 e. The van der Waals surface area contributed by atoms with Crippen LogP contribution in [0.4, 0.5) is 18.9 Å². The topological polar surface area (TPSA) is 104 Å². The lowest BCUT2D eigenvalue weighted by molar-refractivity contribution is -0.192. The summed E-state index contributed by atoms with van der Waals surface area (Å²) in [5, 5.41) is 14.1. The van der Waals surface area contributed by atoms with Crippen LogP contribution in [0.5, 0.6) is 0 Å². The third-order valence-electron chi connectivity index (χ3n) is 4.95. The first-order chi connectivity index (χ1) is 14.3. The average Bonchev–Trinajstić information content (AvgIpc) is 2.68. The molecular weight excluding hydrogens is 411 g/mol. The number of carbonyl (C=O) groups is 2. The number of carboxylic acids is 1. The Bertz CT molecular complexity index is 1020. The molecule has 0 saturated heterocycles. The summed E-state index contributed by atoms with van der Waals surface area (Å²) >= 11 is 0. The van der Waals surface area contributed by atoms with Crippen LogP contribution in [0.25, 0.3) is 6.08 Å². The smallest absolute Gasteiger partial charge is 0.475 e. The third-order valence-corrected chi connectivity index (χ3v) is 4.95. The van der Waals surface area contributed by atoms with Gasteiger partial charge in [0.2, 0.25) is 0 Å². The number of carbonyl (C=O) groups excluding carboxylic acids is 1. The predicted molar refractivity (Wildman–Crippen MR) is 112 cm³/mol. The molecule has 1 aliphatic rings. The van der Waals surface area contributed by atoms with Gasteiger partial charge in [-0.25, -0.2) is 4.79 Å². The minimum Gasteiger partial charge on any atom is -0.475 e. The quantitative estimate of drug-likeness (QED) is 0.582. The summed E-state index contributed by atoms with van der Waals surface area (Å²) in [7, 11) is 0. The van der Waals surface area contributed by atoms with E-state index in [0.29, 0.717) is 5.56 Å². The molecule has 0 spiro atoms. The molecule has 3 rings (SSSR count). The Balaban J connectivity index is 0.000000423. The van der Waals surface area contributed by atoms with Gasteiger partial charge in [0.05, 0.1) is 11.3 Å². The van der Waals surface area contributed by atoms with E-state index < -0.39 is 23.7 Å². The second-order valence-electron chi connectivity index (χ2n) is 7.31. The van der Waals surface area contributed by atoms with Crippen molar-refractivity contribution in [2.45, 2.75) is 39.2 Å². The first-order valence-corrected chi connectivity index (χ1v) is 9.34. The van der Waals surface area contributed by atoms with Crippen molar-refractivity contribution >= 4 is 23.6 Å². The molecule has 5 N–H and O–H groups in total. The van der Waals surface area contributed by atoms with Crippen molar-refractivity contribution < 1.29 is 27.9 Å². The lowest BCUT2D eigenvalue weighted by atomic mass is 9.97. The SMILES string of the molecule is Cc1cccc(CNC2(C)C=Cc3cccc(C(N)=O)c3N2)c1C.O=C(O)C(F)(F)F. The minimum absolute atomic E-state index is 0.425. The number of fused-ring (bicyclic) bond motifs is 1. The summed E-state index contributed by atoms with van der Waals surface area (Å²) in [6, 6.07) is 11.9. The van der Waals surface area contributed by atoms with Crippen LogP contribution in [-0.4, -0.2) is 28.8 Å². The van der Waals surface area contributed by atoms with E-state index in [1.807, 2.05) is 18.2 Å². The van der Waals surface area contributed by atoms with Crippen LogP contribution in [0.15, 0.2) is 42.5 Å². The molecule has 0 aromatic heterocycles. The fourth-order valence-electron chi connectivity index (χ4n) is 3.00. The van der Waals surface area contributed by atoms with Gasteiger partial charge in [-0.3, -0.25) is 10.1 Å². The molecule has 1 heterocycles. The van der Waals surface area contributed by atoms with Gasteiger partial charge in [0.1, 0.15) is 5.66 Å². The average molecular weight is 435 g/mol. The van der Waals surface area contributed by atoms with Crippen molar-refractivity contribution in [2.75, 3.05) is 5.32 Å². The number of nitrogens with two attached hydrogens (primary N) is 1. The highest BCUT2D eigenvalue weighted by molar-refractivity contribution is 6.01. The molecular formula is C22H24F3N3O3. The lowest BCUT2D eigenvalue weighted by Crippen LogP contribution is -2.48. The first-order valence-electron chi connectivity index (χ1n) is 9.34. The maximum absolute atomic E-state index is 11.7. The van der Waals surface area contributed by atoms with E-state index in [1.54, 1.807) is 6.07 Å². The van der Waals surface area contributed by atoms with E-state index in [0.717, 1.165) is 17.8 Å². The summed E-state index contributed by atoms with van der Waals surface area (Å²) in [5.41, 5.74) is 11.2. The number of carboxylic acid groups (broad SMARTS) is 1. The molecule has 0 radical (unpaired) electrons. The van der Waals surface area contributed by atoms with E-state index >= 15 is 0 Å². The number of alkyl halides is 3. The zero-order chi connectivity index (χ0) is 23.4. The molecule has 6 nitrogen and oxygen atoms in total. The van der Waals surface area contributed by atoms with Gasteiger partial charge < -0.3 is 16.2 Å². The Morgan fingerprint density at radius 1 is 1.16 bits per heavy atom. The van der Waals surface area contributed by atoms with E-state index in [1.165, 1.54) is 16.7 Å². The molecule has 2 aromatic carbocycles. The van der Waals surface area contributed by atoms with Crippen molar-refractivity contribution in [3.63, 3.8) is 0 Å². The van der Waals surface area contributed by atoms with E-state index in [4.69, 9.17) is 15.6 Å². The van der Waals surface area contributed by atoms with Crippen LogP contribution < -0.4 is 16.4 Å². The third kappa shape index (κ3) is 6.08. The number of anilines is 1. The zero-order valence-corrected chi connectivity index (χ0v) is 17.3. The Kier molecular flexibility index (Phi) is 7.12. The number of primary amides is 1. The second kappa shape index (κ2) is 9.22. The minimum atomic E-state index is -5.08. The Hall–Kier alpha value is -3.33. The number of halogens is 3. The van der Waals surface area contributed by atoms with Gasteiger partial charge in [-0.15, -0.1) is 0 Å². The van der Waals surface area contributed by atoms with Gasteiger partial charge in [-0.2, -0.15) is 13.2 Å². The zero-order valence-electron chi connectivity index (χ0n) is 17.3. The molecule has 166 valence electrons. The van der Waals surface area contributed by atoms with Crippen LogP contribution in [0, 0.1) is 13.8 Å². The molecule has 2 aromatic rings. The van der Waals surface area contributed by atoms with Crippen LogP contribution in [0.2, 0.25) is 0 Å². The molecule has 1 amide bonds. The molecule has 1 unspecified atom stereocenters. The number of hydrogen-bond acceptors (Lipinski definition) is 4. The fraction of sp³-hybridized carbons (Fsp3) is 0.273. The summed E-state index contributed by atoms with van der Waals surface area (Å²) < 4.78 is 31.7. The normalized spacial score (nSPS) is 17.1. The van der Waals surface area contributed by atoms with Gasteiger partial charge in [0.25, 0.3) is 5.91 Å². The van der Waals surface area contributed by atoms with E-state index in [9.17, 15) is 18.0 Å². The van der Waals surface area contributed by atoms with Gasteiger partial charge in [0, 0.05) is 6.54 Å². The van der Waals surface area contributed by atoms with Crippen molar-refractivity contribution in [3.8, 4) is 0 Å². The number of benzene rings is 2. The first kappa shape index (κ1) is 23.9. The number of hydrogen-bond donors (Lipinski definition) is 4. The Morgan fingerprint density at radius 3 is 2.35 bits per heavy atom. The lowest BCUT2D eigenvalue weighted by Gasteiger charge is -2.35. The fourth-order valence-corrected chi connectivity index (χ4v) is 3.00. The van der Waals surface area contributed by atoms with Gasteiger partial charge in [0.15, 0.2) is 0 Å². The van der Waals surface area contributed by atoms with Crippen LogP contribution in [0.3, 0.4) is 0 Å². The molecule has 1 aliphatic heterocycles. The van der Waals surface area contributed by atoms with Gasteiger partial charge >= 0.3 is 12.1 Å². The summed E-state index contributed by atoms with van der Waals surface area (Å²) in [4.78, 5) is 20.6. The van der Waals surface area contributed by atoms with E-state index in [2.05, 4.69) is 55.7 Å². The van der Waals surface area contributed by atoms with Crippen molar-refractivity contribution in [1.82, 2.24) is 5.32 Å². The monoisotopic (exact) mass is 435 g/mol. The molecule has 1 atom stereocenters. The summed E-state index contributed by atoms with van der Waals surface area (Å²) in [5.74, 6) is -3.18. The highest BCUT2D eigenvalue weighted by Crippen LogP contribution is 2.30. The van der Waals surface area contributed by atoms with Crippen molar-refractivity contribution in [3.05, 3.63) is 70.3 Å². The predicted octanol–water partition coefficient (Wildman–Crippen LogP) is 3.98. The van der Waals surface area contributed by atoms with E-state index in [-0.39, 0.29) is 0 Å². The van der Waals surface area contributed by atoms with Crippen molar-refractivity contribution in [2.24, 2.45) is 5.73 Å². The number of aryl methyl sites for hydroxylation is 1. The van der Waals surface area contributed by atoms with Crippen LogP contribution >= 0.6 is 0 Å². The standard InChI is InChI=1S/C20H23N3O.C2HF3O2/c1-13-6-4-8-16(14(13)2)12-22-20(3)11-10-15-7-5-9-17(19(21)24)18(15)23-20;3-2(4,5)1(6)7/h4-11,22-23H,12H2,1-3H3,(H2,21,24);(H,6,7). The molecule has 0 saturated carbocycles. The van der Waals surface area contributed by atoms with Crippen LogP contribution in [-0.2, 0) is 11.3 Å². The number of nitrogens with one attached hydrogen (secondary N) is 2. The number of aliphatic carboxylic acids is 1. The molecule has 0 aliphatic carbocycles. The Labute approximate surface area is 178 Å². The highest BCUT2D eigenvalue weighted by atomic mass is 19.4. The summed E-state index contributed by atoms with van der Waals surface area (Å²) in [6.07, 6.45) is -0.986. The summed E-state index contributed by atoms with van der Waals surface area (Å²) in [6.45, 7) is 7.04. The molecule has 9 heteroatoms. The maximum Gasteiger partial charge on any atom is 0.490 e. The maximum atomic E-state index is 11.7. The van der Waals surface area contributed by atoms with Crippen LogP contribution in [0.1, 0.15) is 39.5 Å². The van der Waals surface area contributed by atoms with Crippen molar-refractivity contribution in [1.29, 1.82) is 0 Å². The highest BCUT2D eigenvalue weighted by Gasteiger charge is 2.38. The number of rotatable bonds is 4. The molecule has 0 bridgehead atoms. The van der Waals surface area contributed by atoms with Gasteiger partial charge in [-0.1, -0.05) is 36.4 Å². The molecule has 0 fully saturated rings. The number of amides is 1. The number of para-hydroxylation sites is 1. The van der Waals surface area contributed by atoms with Gasteiger partial charge in [-0.05, 0) is 55.2 Å².